The highest BCUT2D eigenvalue weighted by molar-refractivity contribution is 7.89. The molecule has 0 spiro atoms. The lowest BCUT2D eigenvalue weighted by Gasteiger charge is -2.43. The van der Waals surface area contributed by atoms with E-state index >= 15 is 0 Å². The highest BCUT2D eigenvalue weighted by Gasteiger charge is 2.41. The second kappa shape index (κ2) is 10.7. The molecule has 0 radical (unpaired) electrons. The van der Waals surface area contributed by atoms with Gasteiger partial charge in [0.1, 0.15) is 0 Å². The zero-order chi connectivity index (χ0) is 24.5. The van der Waals surface area contributed by atoms with Crippen LogP contribution in [0.1, 0.15) is 41.1 Å². The largest absolute Gasteiger partial charge is 0.338 e. The van der Waals surface area contributed by atoms with Gasteiger partial charge in [0.2, 0.25) is 10.0 Å². The average Bonchev–Trinajstić information content (AvgIpc) is 2.85. The summed E-state index contributed by atoms with van der Waals surface area (Å²) in [4.78, 5) is 15.0. The lowest BCUT2D eigenvalue weighted by atomic mass is 9.85. The van der Waals surface area contributed by atoms with Crippen molar-refractivity contribution < 1.29 is 13.2 Å². The number of benzene rings is 2. The smallest absolute Gasteiger partial charge is 0.253 e. The van der Waals surface area contributed by atoms with Gasteiger partial charge in [-0.15, -0.1) is 0 Å². The average molecular weight is 545 g/mol. The second-order valence-corrected chi connectivity index (χ2v) is 12.4. The zero-order valence-electron chi connectivity index (χ0n) is 18.9. The van der Waals surface area contributed by atoms with Crippen LogP contribution in [0.2, 0.25) is 15.1 Å². The molecule has 4 rings (SSSR count). The summed E-state index contributed by atoms with van der Waals surface area (Å²) >= 11 is 18.4. The number of halogens is 3. The fourth-order valence-electron chi connectivity index (χ4n) is 4.93. The molecule has 184 valence electrons. The minimum Gasteiger partial charge on any atom is -0.338 e. The molecule has 2 aliphatic heterocycles. The lowest BCUT2D eigenvalue weighted by Crippen LogP contribution is -2.54. The van der Waals surface area contributed by atoms with Crippen LogP contribution in [-0.4, -0.2) is 68.0 Å². The summed E-state index contributed by atoms with van der Waals surface area (Å²) in [5, 5.41) is 4.24. The quantitative estimate of drug-likeness (QED) is 0.594. The van der Waals surface area contributed by atoms with E-state index in [1.54, 1.807) is 52.7 Å². The number of carbonyl (C=O) groups excluding carboxylic acids is 1. The predicted octanol–water partition coefficient (Wildman–Crippen LogP) is 4.66. The highest BCUT2D eigenvalue weighted by atomic mass is 35.5. The van der Waals surface area contributed by atoms with Crippen molar-refractivity contribution in [3.05, 3.63) is 68.7 Å². The first kappa shape index (κ1) is 25.7. The fourth-order valence-corrected chi connectivity index (χ4v) is 7.34. The number of hydrogen-bond donors (Lipinski definition) is 1. The van der Waals surface area contributed by atoms with Crippen molar-refractivity contribution >= 4 is 50.7 Å². The molecular weight excluding hydrogens is 517 g/mol. The van der Waals surface area contributed by atoms with Crippen LogP contribution in [0.3, 0.4) is 0 Å². The molecule has 2 aromatic carbocycles. The molecule has 2 fully saturated rings. The Kier molecular flexibility index (Phi) is 8.12. The molecule has 34 heavy (non-hydrogen) atoms. The summed E-state index contributed by atoms with van der Waals surface area (Å²) in [6, 6.07) is 11.9. The van der Waals surface area contributed by atoms with Gasteiger partial charge in [0, 0.05) is 42.7 Å². The van der Waals surface area contributed by atoms with Crippen molar-refractivity contribution in [2.24, 2.45) is 0 Å². The van der Waals surface area contributed by atoms with Crippen LogP contribution >= 0.6 is 34.8 Å². The Bertz CT molecular complexity index is 1140. The summed E-state index contributed by atoms with van der Waals surface area (Å²) < 4.78 is 28.5. The molecule has 6 nitrogen and oxygen atoms in total. The van der Waals surface area contributed by atoms with E-state index in [2.05, 4.69) is 5.32 Å². The molecule has 0 aliphatic carbocycles. The molecule has 0 saturated carbocycles. The number of nitrogens with one attached hydrogen (secondary N) is 1. The minimum atomic E-state index is -3.45. The summed E-state index contributed by atoms with van der Waals surface area (Å²) in [5.41, 5.74) is 1.39. The van der Waals surface area contributed by atoms with Crippen molar-refractivity contribution in [1.29, 1.82) is 0 Å². The SMILES string of the molecule is CN(C(=O)c1ccc(Cl)cc1)[C@@H]1CCN(S(=O)(=O)C2CCNCC2)C[C@H]1c1ccc(Cl)c(Cl)c1. The number of rotatable bonds is 5. The van der Waals surface area contributed by atoms with Crippen LogP contribution in [0.5, 0.6) is 0 Å². The van der Waals surface area contributed by atoms with Crippen molar-refractivity contribution in [2.45, 2.75) is 36.5 Å². The molecule has 1 N–H and O–H groups in total. The topological polar surface area (TPSA) is 69.7 Å². The van der Waals surface area contributed by atoms with E-state index in [0.717, 1.165) is 5.56 Å². The highest BCUT2D eigenvalue weighted by Crippen LogP contribution is 2.36. The Labute approximate surface area is 216 Å². The van der Waals surface area contributed by atoms with Crippen LogP contribution in [0, 0.1) is 0 Å². The van der Waals surface area contributed by atoms with Gasteiger partial charge in [0.15, 0.2) is 0 Å². The van der Waals surface area contributed by atoms with Gasteiger partial charge in [0.25, 0.3) is 5.91 Å². The number of carbonyl (C=O) groups is 1. The Hall–Kier alpha value is -1.35. The first-order chi connectivity index (χ1) is 16.2. The van der Waals surface area contributed by atoms with Crippen LogP contribution in [-0.2, 0) is 10.0 Å². The zero-order valence-corrected chi connectivity index (χ0v) is 22.0. The van der Waals surface area contributed by atoms with Gasteiger partial charge in [-0.1, -0.05) is 40.9 Å². The monoisotopic (exact) mass is 543 g/mol. The van der Waals surface area contributed by atoms with E-state index in [4.69, 9.17) is 34.8 Å². The Morgan fingerprint density at radius 3 is 2.32 bits per heavy atom. The van der Waals surface area contributed by atoms with Crippen molar-refractivity contribution in [3.63, 3.8) is 0 Å². The van der Waals surface area contributed by atoms with Crippen LogP contribution in [0.4, 0.5) is 0 Å². The summed E-state index contributed by atoms with van der Waals surface area (Å²) in [6.45, 7) is 2.06. The van der Waals surface area contributed by atoms with Gasteiger partial charge in [0.05, 0.1) is 15.3 Å². The van der Waals surface area contributed by atoms with Crippen molar-refractivity contribution in [2.75, 3.05) is 33.2 Å². The fraction of sp³-hybridized carbons (Fsp3) is 0.458. The van der Waals surface area contributed by atoms with E-state index in [-0.39, 0.29) is 29.7 Å². The van der Waals surface area contributed by atoms with Gasteiger partial charge >= 0.3 is 0 Å². The van der Waals surface area contributed by atoms with Gasteiger partial charge in [-0.3, -0.25) is 4.79 Å². The lowest BCUT2D eigenvalue weighted by molar-refractivity contribution is 0.0648. The number of sulfonamides is 1. The molecule has 2 atom stereocenters. The first-order valence-electron chi connectivity index (χ1n) is 11.4. The molecule has 0 bridgehead atoms. The number of amides is 1. The Morgan fingerprint density at radius 1 is 1.00 bits per heavy atom. The molecule has 2 saturated heterocycles. The molecule has 0 unspecified atom stereocenters. The van der Waals surface area contributed by atoms with Crippen molar-refractivity contribution in [1.82, 2.24) is 14.5 Å². The Morgan fingerprint density at radius 2 is 1.68 bits per heavy atom. The number of likely N-dealkylation sites (N-methyl/N-ethyl adjacent to an activating group) is 1. The molecule has 2 aliphatic rings. The molecule has 0 aromatic heterocycles. The first-order valence-corrected chi connectivity index (χ1v) is 14.0. The summed E-state index contributed by atoms with van der Waals surface area (Å²) in [6.07, 6.45) is 1.73. The van der Waals surface area contributed by atoms with E-state index < -0.39 is 10.0 Å². The number of hydrogen-bond acceptors (Lipinski definition) is 4. The van der Waals surface area contributed by atoms with E-state index in [0.29, 0.717) is 59.5 Å². The maximum absolute atomic E-state index is 13.5. The second-order valence-electron chi connectivity index (χ2n) is 8.91. The molecule has 1 amide bonds. The van der Waals surface area contributed by atoms with Crippen molar-refractivity contribution in [3.8, 4) is 0 Å². The van der Waals surface area contributed by atoms with E-state index in [1.165, 1.54) is 0 Å². The molecule has 2 aromatic rings. The third-order valence-electron chi connectivity index (χ3n) is 6.89. The normalized spacial score (nSPS) is 22.5. The van der Waals surface area contributed by atoms with Crippen LogP contribution in [0.15, 0.2) is 42.5 Å². The molecular formula is C24H28Cl3N3O3S. The third kappa shape index (κ3) is 5.40. The van der Waals surface area contributed by atoms with Gasteiger partial charge in [-0.05, 0) is 74.3 Å². The van der Waals surface area contributed by atoms with Gasteiger partial charge in [-0.2, -0.15) is 0 Å². The Balaban J connectivity index is 1.64. The molecule has 2 heterocycles. The van der Waals surface area contributed by atoms with Gasteiger partial charge in [-0.25, -0.2) is 12.7 Å². The maximum atomic E-state index is 13.5. The minimum absolute atomic E-state index is 0.138. The summed E-state index contributed by atoms with van der Waals surface area (Å²) in [7, 11) is -1.69. The number of piperidine rings is 2. The molecule has 10 heteroatoms. The van der Waals surface area contributed by atoms with Gasteiger partial charge < -0.3 is 10.2 Å². The maximum Gasteiger partial charge on any atom is 0.253 e. The van der Waals surface area contributed by atoms with Crippen LogP contribution < -0.4 is 5.32 Å². The number of nitrogens with zero attached hydrogens (tertiary/aromatic N) is 2. The third-order valence-corrected chi connectivity index (χ3v) is 10.2. The summed E-state index contributed by atoms with van der Waals surface area (Å²) in [5.74, 6) is -0.386. The standard InChI is InChI=1S/C24H28Cl3N3O3S/c1-29(24(31)16-2-5-18(25)6-3-16)23-10-13-30(34(32,33)19-8-11-28-12-9-19)15-20(23)17-4-7-21(26)22(27)14-17/h2-7,14,19-20,23,28H,8-13,15H2,1H3/t20-,23+/m0/s1. The van der Waals surface area contributed by atoms with E-state index in [1.807, 2.05) is 6.07 Å². The van der Waals surface area contributed by atoms with E-state index in [9.17, 15) is 13.2 Å². The van der Waals surface area contributed by atoms with Crippen LogP contribution in [0.25, 0.3) is 0 Å². The predicted molar refractivity (Wildman–Crippen MR) is 138 cm³/mol.